The predicted molar refractivity (Wildman–Crippen MR) is 89.4 cm³/mol. The fourth-order valence-corrected chi connectivity index (χ4v) is 2.15. The van der Waals surface area contributed by atoms with Gasteiger partial charge in [0.2, 0.25) is 5.91 Å². The van der Waals surface area contributed by atoms with E-state index in [1.54, 1.807) is 13.0 Å². The molecule has 1 aliphatic heterocycles. The molecule has 0 radical (unpaired) electrons. The number of nitrogens with zero attached hydrogens (tertiary/aromatic N) is 1. The van der Waals surface area contributed by atoms with Crippen molar-refractivity contribution in [2.45, 2.75) is 19.5 Å². The number of amides is 1. The molecule has 5 nitrogen and oxygen atoms in total. The molecule has 3 N–H and O–H groups in total. The molecule has 1 aliphatic rings. The molecule has 1 amide bonds. The molecule has 126 valence electrons. The van der Waals surface area contributed by atoms with Gasteiger partial charge in [0.1, 0.15) is 5.82 Å². The molecule has 0 unspecified atom stereocenters. The van der Waals surface area contributed by atoms with Crippen LogP contribution in [0.4, 0.5) is 10.1 Å². The van der Waals surface area contributed by atoms with Crippen molar-refractivity contribution in [3.8, 4) is 0 Å². The van der Waals surface area contributed by atoms with Crippen molar-refractivity contribution < 1.29 is 13.9 Å². The van der Waals surface area contributed by atoms with Crippen molar-refractivity contribution >= 4 is 36.4 Å². The molecule has 2 rings (SSSR count). The lowest BCUT2D eigenvalue weighted by Gasteiger charge is -2.30. The molecule has 0 bridgehead atoms. The number of hydrogen-bond acceptors (Lipinski definition) is 4. The Balaban J connectivity index is 0.00000220. The Labute approximate surface area is 142 Å². The number of anilines is 1. The minimum atomic E-state index is -0.574. The third kappa shape index (κ3) is 5.61. The maximum Gasteiger partial charge on any atom is 0.236 e. The minimum Gasteiger partial charge on any atom is -0.378 e. The van der Waals surface area contributed by atoms with Gasteiger partial charge in [-0.1, -0.05) is 0 Å². The summed E-state index contributed by atoms with van der Waals surface area (Å²) in [5, 5.41) is 2.72. The van der Waals surface area contributed by atoms with E-state index in [2.05, 4.69) is 10.2 Å². The highest BCUT2D eigenvalue weighted by Crippen LogP contribution is 2.22. The standard InChI is InChI=1S/C14H20FN3O2.2ClH/c1-10(16)14(19)17-9-11-8-12(15)2-3-13(11)18-4-6-20-7-5-18;;/h2-3,8,10H,4-7,9,16H2,1H3,(H,17,19);2*1H/t10-;;/m1../s1. The van der Waals surface area contributed by atoms with Crippen LogP contribution in [-0.4, -0.2) is 38.3 Å². The van der Waals surface area contributed by atoms with Crippen LogP contribution in [0.25, 0.3) is 0 Å². The van der Waals surface area contributed by atoms with Crippen LogP contribution < -0.4 is 16.0 Å². The number of benzene rings is 1. The summed E-state index contributed by atoms with van der Waals surface area (Å²) in [5.41, 5.74) is 7.18. The van der Waals surface area contributed by atoms with E-state index in [0.717, 1.165) is 24.3 Å². The maximum absolute atomic E-state index is 13.4. The lowest BCUT2D eigenvalue weighted by Crippen LogP contribution is -2.39. The first-order valence-corrected chi connectivity index (χ1v) is 6.72. The lowest BCUT2D eigenvalue weighted by molar-refractivity contribution is -0.122. The second-order valence-corrected chi connectivity index (χ2v) is 4.88. The van der Waals surface area contributed by atoms with Gasteiger partial charge in [-0.05, 0) is 30.7 Å². The SMILES string of the molecule is C[C@@H](N)C(=O)NCc1cc(F)ccc1N1CCOCC1.Cl.Cl. The molecule has 1 saturated heterocycles. The smallest absolute Gasteiger partial charge is 0.236 e. The van der Waals surface area contributed by atoms with Gasteiger partial charge in [-0.3, -0.25) is 4.79 Å². The summed E-state index contributed by atoms with van der Waals surface area (Å²) >= 11 is 0. The number of carbonyl (C=O) groups excluding carboxylic acids is 1. The second kappa shape index (κ2) is 9.84. The van der Waals surface area contributed by atoms with Crippen LogP contribution in [0.15, 0.2) is 18.2 Å². The van der Waals surface area contributed by atoms with Crippen LogP contribution in [0.1, 0.15) is 12.5 Å². The van der Waals surface area contributed by atoms with Crippen molar-refractivity contribution in [3.63, 3.8) is 0 Å². The Morgan fingerprint density at radius 1 is 1.41 bits per heavy atom. The minimum absolute atomic E-state index is 0. The quantitative estimate of drug-likeness (QED) is 0.859. The fraction of sp³-hybridized carbons (Fsp3) is 0.500. The third-order valence-corrected chi connectivity index (χ3v) is 3.26. The Morgan fingerprint density at radius 3 is 2.64 bits per heavy atom. The van der Waals surface area contributed by atoms with E-state index in [-0.39, 0.29) is 43.1 Å². The zero-order valence-electron chi connectivity index (χ0n) is 12.4. The van der Waals surface area contributed by atoms with Gasteiger partial charge in [0.15, 0.2) is 0 Å². The van der Waals surface area contributed by atoms with Crippen LogP contribution in [0.3, 0.4) is 0 Å². The number of rotatable bonds is 4. The molecule has 1 atom stereocenters. The molecule has 1 fully saturated rings. The normalized spacial score (nSPS) is 15.3. The topological polar surface area (TPSA) is 67.6 Å². The number of nitrogens with two attached hydrogens (primary N) is 1. The number of halogens is 3. The summed E-state index contributed by atoms with van der Waals surface area (Å²) in [6, 6.07) is 4.05. The summed E-state index contributed by atoms with van der Waals surface area (Å²) in [6.45, 7) is 4.72. The highest BCUT2D eigenvalue weighted by molar-refractivity contribution is 5.85. The summed E-state index contributed by atoms with van der Waals surface area (Å²) in [5.74, 6) is -0.561. The zero-order chi connectivity index (χ0) is 14.5. The van der Waals surface area contributed by atoms with E-state index >= 15 is 0 Å². The molecule has 1 aromatic carbocycles. The van der Waals surface area contributed by atoms with E-state index in [0.29, 0.717) is 13.2 Å². The Hall–Kier alpha value is -1.08. The van der Waals surface area contributed by atoms with Gasteiger partial charge in [0.25, 0.3) is 0 Å². The number of morpholine rings is 1. The second-order valence-electron chi connectivity index (χ2n) is 4.88. The number of carbonyl (C=O) groups is 1. The maximum atomic E-state index is 13.4. The summed E-state index contributed by atoms with van der Waals surface area (Å²) < 4.78 is 18.7. The molecule has 1 aromatic rings. The van der Waals surface area contributed by atoms with Gasteiger partial charge in [-0.15, -0.1) is 24.8 Å². The van der Waals surface area contributed by atoms with Crippen LogP contribution in [0.2, 0.25) is 0 Å². The van der Waals surface area contributed by atoms with Gasteiger partial charge >= 0.3 is 0 Å². The average Bonchev–Trinajstić information content (AvgIpc) is 2.45. The van der Waals surface area contributed by atoms with Crippen LogP contribution >= 0.6 is 24.8 Å². The zero-order valence-corrected chi connectivity index (χ0v) is 14.0. The molecule has 0 aromatic heterocycles. The summed E-state index contributed by atoms with van der Waals surface area (Å²) in [4.78, 5) is 13.7. The van der Waals surface area contributed by atoms with E-state index < -0.39 is 6.04 Å². The predicted octanol–water partition coefficient (Wildman–Crippen LogP) is 1.47. The Morgan fingerprint density at radius 2 is 2.05 bits per heavy atom. The van der Waals surface area contributed by atoms with Crippen LogP contribution in [-0.2, 0) is 16.1 Å². The van der Waals surface area contributed by atoms with Gasteiger partial charge in [0.05, 0.1) is 19.3 Å². The van der Waals surface area contributed by atoms with Crippen molar-refractivity contribution in [2.24, 2.45) is 5.73 Å². The van der Waals surface area contributed by atoms with Crippen LogP contribution in [0.5, 0.6) is 0 Å². The fourth-order valence-electron chi connectivity index (χ4n) is 2.15. The summed E-state index contributed by atoms with van der Waals surface area (Å²) in [7, 11) is 0. The van der Waals surface area contributed by atoms with E-state index in [1.165, 1.54) is 12.1 Å². The molecule has 0 saturated carbocycles. The molecule has 1 heterocycles. The molecular formula is C14H22Cl2FN3O2. The average molecular weight is 354 g/mol. The van der Waals surface area contributed by atoms with Gasteiger partial charge in [-0.25, -0.2) is 4.39 Å². The van der Waals surface area contributed by atoms with Gasteiger partial charge in [-0.2, -0.15) is 0 Å². The highest BCUT2D eigenvalue weighted by atomic mass is 35.5. The first-order chi connectivity index (χ1) is 9.58. The van der Waals surface area contributed by atoms with Crippen LogP contribution in [0, 0.1) is 5.82 Å². The largest absolute Gasteiger partial charge is 0.378 e. The number of ether oxygens (including phenoxy) is 1. The molecule has 0 aliphatic carbocycles. The third-order valence-electron chi connectivity index (χ3n) is 3.26. The Bertz CT molecular complexity index is 483. The number of hydrogen-bond donors (Lipinski definition) is 2. The molecule has 22 heavy (non-hydrogen) atoms. The van der Waals surface area contributed by atoms with E-state index in [9.17, 15) is 9.18 Å². The van der Waals surface area contributed by atoms with Crippen molar-refractivity contribution in [1.82, 2.24) is 5.32 Å². The van der Waals surface area contributed by atoms with Crippen molar-refractivity contribution in [2.75, 3.05) is 31.2 Å². The van der Waals surface area contributed by atoms with Gasteiger partial charge in [0, 0.05) is 25.3 Å². The Kier molecular flexibility index (Phi) is 9.36. The molecule has 8 heteroatoms. The molecule has 0 spiro atoms. The van der Waals surface area contributed by atoms with Crippen molar-refractivity contribution in [1.29, 1.82) is 0 Å². The first-order valence-electron chi connectivity index (χ1n) is 6.72. The number of nitrogens with one attached hydrogen (secondary N) is 1. The molecular weight excluding hydrogens is 332 g/mol. The van der Waals surface area contributed by atoms with Crippen molar-refractivity contribution in [3.05, 3.63) is 29.6 Å². The monoisotopic (exact) mass is 353 g/mol. The summed E-state index contributed by atoms with van der Waals surface area (Å²) in [6.07, 6.45) is 0. The first kappa shape index (κ1) is 20.9. The van der Waals surface area contributed by atoms with E-state index in [1.807, 2.05) is 0 Å². The van der Waals surface area contributed by atoms with Gasteiger partial charge < -0.3 is 20.7 Å². The lowest BCUT2D eigenvalue weighted by atomic mass is 10.1. The highest BCUT2D eigenvalue weighted by Gasteiger charge is 2.16. The van der Waals surface area contributed by atoms with E-state index in [4.69, 9.17) is 10.5 Å².